The molecule has 1 N–H and O–H groups in total. The minimum atomic E-state index is -0.800. The predicted molar refractivity (Wildman–Crippen MR) is 107 cm³/mol. The van der Waals surface area contributed by atoms with Crippen molar-refractivity contribution in [1.82, 2.24) is 0 Å². The van der Waals surface area contributed by atoms with E-state index in [0.29, 0.717) is 53.3 Å². The number of nitrogens with one attached hydrogen (secondary N) is 1. The third-order valence-corrected chi connectivity index (χ3v) is 5.89. The molecule has 0 spiro atoms. The molecule has 2 aromatic rings. The number of hydrogen-bond donors (Lipinski definition) is 1. The van der Waals surface area contributed by atoms with Gasteiger partial charge in [0.15, 0.2) is 18.1 Å². The van der Waals surface area contributed by atoms with Crippen molar-refractivity contribution in [3.05, 3.63) is 52.3 Å². The van der Waals surface area contributed by atoms with Crippen LogP contribution in [0.2, 0.25) is 0 Å². The Morgan fingerprint density at radius 1 is 1.10 bits per heavy atom. The van der Waals surface area contributed by atoms with Gasteiger partial charge in [0.1, 0.15) is 19.0 Å². The number of carbonyl (C=O) groups excluding carboxylic acids is 2. The van der Waals surface area contributed by atoms with E-state index in [9.17, 15) is 14.0 Å². The molecule has 0 aromatic heterocycles. The van der Waals surface area contributed by atoms with Gasteiger partial charge in [-0.2, -0.15) is 0 Å². The van der Waals surface area contributed by atoms with Gasteiger partial charge in [0.05, 0.1) is 11.1 Å². The summed E-state index contributed by atoms with van der Waals surface area (Å²) >= 11 is 3.38. The van der Waals surface area contributed by atoms with Crippen molar-refractivity contribution in [3.63, 3.8) is 0 Å². The fourth-order valence-electron chi connectivity index (χ4n) is 3.53. The quantitative estimate of drug-likeness (QED) is 0.679. The molecule has 1 saturated carbocycles. The highest BCUT2D eigenvalue weighted by atomic mass is 79.9. The van der Waals surface area contributed by atoms with E-state index in [1.165, 1.54) is 12.1 Å². The number of anilines is 1. The molecule has 8 heteroatoms. The third kappa shape index (κ3) is 3.94. The minimum absolute atomic E-state index is 0.360. The zero-order valence-corrected chi connectivity index (χ0v) is 17.1. The Morgan fingerprint density at radius 2 is 1.76 bits per heavy atom. The first-order chi connectivity index (χ1) is 14.0. The van der Waals surface area contributed by atoms with Crippen LogP contribution >= 0.6 is 15.9 Å². The third-order valence-electron chi connectivity index (χ3n) is 5.23. The van der Waals surface area contributed by atoms with Gasteiger partial charge in [-0.25, -0.2) is 4.39 Å². The number of hydrogen-bond acceptors (Lipinski definition) is 5. The zero-order chi connectivity index (χ0) is 20.4. The second-order valence-corrected chi connectivity index (χ2v) is 7.90. The summed E-state index contributed by atoms with van der Waals surface area (Å²) in [5.74, 6) is -0.160. The average molecular weight is 464 g/mol. The fourth-order valence-corrected chi connectivity index (χ4v) is 3.95. The molecule has 6 nitrogen and oxygen atoms in total. The number of fused-ring (bicyclic) bond motifs is 1. The Hall–Kier alpha value is -2.61. The molecule has 2 aliphatic rings. The largest absolute Gasteiger partial charge is 0.486 e. The fraction of sp³-hybridized carbons (Fsp3) is 0.333. The Bertz CT molecular complexity index is 943. The summed E-state index contributed by atoms with van der Waals surface area (Å²) in [7, 11) is 0. The second kappa shape index (κ2) is 8.02. The highest BCUT2D eigenvalue weighted by molar-refractivity contribution is 9.10. The van der Waals surface area contributed by atoms with E-state index < -0.39 is 23.9 Å². The van der Waals surface area contributed by atoms with E-state index in [0.717, 1.165) is 6.42 Å². The number of amides is 1. The van der Waals surface area contributed by atoms with Crippen LogP contribution in [0.25, 0.3) is 0 Å². The minimum Gasteiger partial charge on any atom is -0.486 e. The van der Waals surface area contributed by atoms with E-state index >= 15 is 0 Å². The molecule has 2 aromatic carbocycles. The van der Waals surface area contributed by atoms with Crippen molar-refractivity contribution in [3.8, 4) is 11.5 Å². The molecule has 0 unspecified atom stereocenters. The van der Waals surface area contributed by atoms with Crippen LogP contribution < -0.4 is 14.8 Å². The maximum atomic E-state index is 13.2. The van der Waals surface area contributed by atoms with Crippen LogP contribution in [0.4, 0.5) is 10.1 Å². The average Bonchev–Trinajstić information content (AvgIpc) is 2.67. The number of esters is 1. The first-order valence-corrected chi connectivity index (χ1v) is 10.1. The number of halogens is 2. The van der Waals surface area contributed by atoms with Gasteiger partial charge in [0.25, 0.3) is 5.91 Å². The van der Waals surface area contributed by atoms with Crippen LogP contribution in [0.15, 0.2) is 40.9 Å². The Kier molecular flexibility index (Phi) is 5.45. The van der Waals surface area contributed by atoms with Gasteiger partial charge in [-0.05, 0) is 46.5 Å². The molecule has 1 heterocycles. The number of rotatable bonds is 5. The van der Waals surface area contributed by atoms with Crippen LogP contribution in [0, 0.1) is 5.82 Å². The van der Waals surface area contributed by atoms with Gasteiger partial charge in [-0.1, -0.05) is 18.6 Å². The summed E-state index contributed by atoms with van der Waals surface area (Å²) in [6.07, 6.45) is 2.11. The van der Waals surface area contributed by atoms with Crippen molar-refractivity contribution in [2.24, 2.45) is 0 Å². The lowest BCUT2D eigenvalue weighted by atomic mass is 9.64. The molecule has 152 valence electrons. The normalized spacial score (nSPS) is 16.5. The molecule has 4 rings (SSSR count). The zero-order valence-electron chi connectivity index (χ0n) is 15.5. The van der Waals surface area contributed by atoms with Crippen molar-refractivity contribution in [2.45, 2.75) is 24.7 Å². The highest BCUT2D eigenvalue weighted by Crippen LogP contribution is 2.45. The molecular weight excluding hydrogens is 445 g/mol. The Morgan fingerprint density at radius 3 is 2.38 bits per heavy atom. The van der Waals surface area contributed by atoms with Crippen molar-refractivity contribution < 1.29 is 28.2 Å². The van der Waals surface area contributed by atoms with Gasteiger partial charge in [-0.3, -0.25) is 9.59 Å². The first-order valence-electron chi connectivity index (χ1n) is 9.30. The predicted octanol–water partition coefficient (Wildman–Crippen LogP) is 3.96. The molecule has 0 bridgehead atoms. The lowest BCUT2D eigenvalue weighted by molar-refractivity contribution is -0.156. The lowest BCUT2D eigenvalue weighted by Crippen LogP contribution is -2.44. The van der Waals surface area contributed by atoms with Crippen LogP contribution in [-0.2, 0) is 19.7 Å². The van der Waals surface area contributed by atoms with Crippen LogP contribution in [0.1, 0.15) is 24.8 Å². The van der Waals surface area contributed by atoms with Crippen molar-refractivity contribution in [2.75, 3.05) is 25.1 Å². The standard InChI is InChI=1S/C21H19BrFNO5/c22-15-10-17-18(28-9-8-27-17)11-16(15)24-19(25)12-29-20(26)21(6-1-7-21)13-2-4-14(23)5-3-13/h2-5,10-11H,1,6-9,12H2,(H,24,25). The molecule has 1 aliphatic heterocycles. The maximum Gasteiger partial charge on any atom is 0.317 e. The van der Waals surface area contributed by atoms with Gasteiger partial charge in [-0.15, -0.1) is 0 Å². The highest BCUT2D eigenvalue weighted by Gasteiger charge is 2.47. The Labute approximate surface area is 175 Å². The van der Waals surface area contributed by atoms with E-state index in [-0.39, 0.29) is 5.82 Å². The van der Waals surface area contributed by atoms with E-state index in [2.05, 4.69) is 21.2 Å². The molecule has 1 aliphatic carbocycles. The summed E-state index contributed by atoms with van der Waals surface area (Å²) in [5, 5.41) is 2.70. The smallest absolute Gasteiger partial charge is 0.317 e. The molecule has 0 atom stereocenters. The van der Waals surface area contributed by atoms with Crippen LogP contribution in [0.3, 0.4) is 0 Å². The van der Waals surface area contributed by atoms with Crippen LogP contribution in [-0.4, -0.2) is 31.7 Å². The monoisotopic (exact) mass is 463 g/mol. The first kappa shape index (κ1) is 19.7. The van der Waals surface area contributed by atoms with E-state index in [1.807, 2.05) is 0 Å². The Balaban J connectivity index is 1.39. The molecule has 0 radical (unpaired) electrons. The SMILES string of the molecule is O=C(COC(=O)C1(c2ccc(F)cc2)CCC1)Nc1cc2c(cc1Br)OCCO2. The summed E-state index contributed by atoms with van der Waals surface area (Å²) < 4.78 is 30.1. The molecule has 29 heavy (non-hydrogen) atoms. The topological polar surface area (TPSA) is 73.9 Å². The lowest BCUT2D eigenvalue weighted by Gasteiger charge is -2.39. The summed E-state index contributed by atoms with van der Waals surface area (Å²) in [6.45, 7) is 0.491. The number of ether oxygens (including phenoxy) is 3. The van der Waals surface area contributed by atoms with Crippen molar-refractivity contribution in [1.29, 1.82) is 0 Å². The second-order valence-electron chi connectivity index (χ2n) is 7.04. The molecular formula is C21H19BrFNO5. The summed E-state index contributed by atoms with van der Waals surface area (Å²) in [5.41, 5.74) is 0.406. The van der Waals surface area contributed by atoms with Gasteiger partial charge >= 0.3 is 5.97 Å². The van der Waals surface area contributed by atoms with Crippen LogP contribution in [0.5, 0.6) is 11.5 Å². The number of benzene rings is 2. The van der Waals surface area contributed by atoms with Crippen molar-refractivity contribution >= 4 is 33.5 Å². The van der Waals surface area contributed by atoms with E-state index in [4.69, 9.17) is 14.2 Å². The van der Waals surface area contributed by atoms with Gasteiger partial charge in [0.2, 0.25) is 0 Å². The summed E-state index contributed by atoms with van der Waals surface area (Å²) in [6, 6.07) is 9.23. The molecule has 1 amide bonds. The molecule has 0 saturated heterocycles. The van der Waals surface area contributed by atoms with Gasteiger partial charge in [0, 0.05) is 16.6 Å². The summed E-state index contributed by atoms with van der Waals surface area (Å²) in [4.78, 5) is 25.0. The number of carbonyl (C=O) groups is 2. The molecule has 1 fully saturated rings. The van der Waals surface area contributed by atoms with E-state index in [1.54, 1.807) is 24.3 Å². The van der Waals surface area contributed by atoms with Gasteiger partial charge < -0.3 is 19.5 Å². The maximum absolute atomic E-state index is 13.2.